The average molecular weight is 394 g/mol. The van der Waals surface area contributed by atoms with Crippen LogP contribution in [0.4, 0.5) is 5.69 Å². The third-order valence-electron chi connectivity index (χ3n) is 4.80. The summed E-state index contributed by atoms with van der Waals surface area (Å²) in [4.78, 5) is 17.0. The van der Waals surface area contributed by atoms with Gasteiger partial charge in [-0.1, -0.05) is 36.0 Å². The highest BCUT2D eigenvalue weighted by molar-refractivity contribution is 8.14. The van der Waals surface area contributed by atoms with Gasteiger partial charge in [0.05, 0.1) is 17.5 Å². The second kappa shape index (κ2) is 7.20. The van der Waals surface area contributed by atoms with E-state index in [4.69, 9.17) is 14.5 Å². The summed E-state index contributed by atoms with van der Waals surface area (Å²) in [5.74, 6) is 1.68. The smallest absolute Gasteiger partial charge is 0.231 e. The van der Waals surface area contributed by atoms with Crippen molar-refractivity contribution in [2.24, 2.45) is 10.1 Å². The molecule has 3 aliphatic rings. The molecule has 0 bridgehead atoms. The molecule has 7 nitrogen and oxygen atoms in total. The van der Waals surface area contributed by atoms with E-state index in [-0.39, 0.29) is 24.5 Å². The van der Waals surface area contributed by atoms with Gasteiger partial charge >= 0.3 is 0 Å². The fraction of sp³-hybridized carbons (Fsp3) is 0.250. The molecule has 1 amide bonds. The number of hydrogen-bond acceptors (Lipinski definition) is 7. The molecule has 0 aliphatic carbocycles. The molecule has 0 unspecified atom stereocenters. The van der Waals surface area contributed by atoms with Crippen molar-refractivity contribution in [3.8, 4) is 11.5 Å². The van der Waals surface area contributed by atoms with Crippen LogP contribution in [0.1, 0.15) is 23.6 Å². The number of aliphatic imine (C=N–C) groups is 1. The Kier molecular flexibility index (Phi) is 4.40. The first-order valence-corrected chi connectivity index (χ1v) is 10.0. The average Bonchev–Trinajstić information content (AvgIpc) is 3.39. The molecule has 0 saturated carbocycles. The molecular formula is C20H18N4O3S. The lowest BCUT2D eigenvalue weighted by molar-refractivity contribution is -0.118. The Morgan fingerprint density at radius 2 is 2.11 bits per heavy atom. The summed E-state index contributed by atoms with van der Waals surface area (Å²) in [6.45, 7) is 0.683. The number of benzene rings is 2. The fourth-order valence-electron chi connectivity index (χ4n) is 3.41. The fourth-order valence-corrected chi connectivity index (χ4v) is 4.24. The summed E-state index contributed by atoms with van der Waals surface area (Å²) in [7, 11) is 0. The molecule has 3 heterocycles. The van der Waals surface area contributed by atoms with Gasteiger partial charge in [-0.2, -0.15) is 5.10 Å². The Balaban J connectivity index is 1.21. The van der Waals surface area contributed by atoms with E-state index in [1.807, 2.05) is 47.6 Å². The predicted molar refractivity (Wildman–Crippen MR) is 108 cm³/mol. The van der Waals surface area contributed by atoms with E-state index in [1.165, 1.54) is 17.3 Å². The van der Waals surface area contributed by atoms with Gasteiger partial charge in [-0.15, -0.1) is 0 Å². The molecule has 8 heteroatoms. The van der Waals surface area contributed by atoms with Crippen molar-refractivity contribution in [1.29, 1.82) is 0 Å². The largest absolute Gasteiger partial charge is 0.454 e. The number of carbonyl (C=O) groups is 1. The molecular weight excluding hydrogens is 376 g/mol. The second-order valence-corrected chi connectivity index (χ2v) is 7.54. The Morgan fingerprint density at radius 3 is 3.07 bits per heavy atom. The van der Waals surface area contributed by atoms with Crippen LogP contribution in [0.15, 0.2) is 52.6 Å². The first-order chi connectivity index (χ1) is 13.8. The van der Waals surface area contributed by atoms with Crippen LogP contribution in [0.25, 0.3) is 0 Å². The van der Waals surface area contributed by atoms with E-state index < -0.39 is 0 Å². The Bertz CT molecular complexity index is 991. The van der Waals surface area contributed by atoms with E-state index in [0.717, 1.165) is 28.6 Å². The standard InChI is InChI=1S/C20H18N4O3S/c25-19(21-10-13-5-6-17-18(9-13)27-12-26-17)11-28-20-23-15-4-2-1-3-14(15)16-7-8-22-24(16)20/h1-6,8-9,16H,7,10-12H2,(H,21,25)/t16-/m0/s1. The summed E-state index contributed by atoms with van der Waals surface area (Å²) in [5.41, 5.74) is 3.10. The molecule has 2 aromatic rings. The van der Waals surface area contributed by atoms with Crippen LogP contribution in [0.3, 0.4) is 0 Å². The van der Waals surface area contributed by atoms with Crippen molar-refractivity contribution in [2.45, 2.75) is 19.0 Å². The third kappa shape index (κ3) is 3.20. The van der Waals surface area contributed by atoms with Crippen LogP contribution in [0.5, 0.6) is 11.5 Å². The van der Waals surface area contributed by atoms with Crippen LogP contribution in [-0.4, -0.2) is 34.8 Å². The van der Waals surface area contributed by atoms with E-state index in [0.29, 0.717) is 12.3 Å². The van der Waals surface area contributed by atoms with Crippen molar-refractivity contribution in [2.75, 3.05) is 12.5 Å². The van der Waals surface area contributed by atoms with E-state index in [9.17, 15) is 4.79 Å². The molecule has 0 aromatic heterocycles. The number of carbonyl (C=O) groups excluding carboxylic acids is 1. The maximum absolute atomic E-state index is 12.3. The monoisotopic (exact) mass is 394 g/mol. The first-order valence-electron chi connectivity index (χ1n) is 9.05. The maximum atomic E-state index is 12.3. The maximum Gasteiger partial charge on any atom is 0.231 e. The highest BCUT2D eigenvalue weighted by Gasteiger charge is 2.32. The molecule has 0 saturated heterocycles. The highest BCUT2D eigenvalue weighted by atomic mass is 32.2. The lowest BCUT2D eigenvalue weighted by atomic mass is 10.0. The van der Waals surface area contributed by atoms with Crippen LogP contribution >= 0.6 is 11.8 Å². The highest BCUT2D eigenvalue weighted by Crippen LogP contribution is 2.40. The summed E-state index contributed by atoms with van der Waals surface area (Å²) < 4.78 is 10.7. The number of amides is 1. The normalized spacial score (nSPS) is 18.5. The summed E-state index contributed by atoms with van der Waals surface area (Å²) >= 11 is 1.41. The van der Waals surface area contributed by atoms with Crippen LogP contribution in [0.2, 0.25) is 0 Å². The zero-order chi connectivity index (χ0) is 18.9. The van der Waals surface area contributed by atoms with Gasteiger partial charge in [-0.05, 0) is 23.8 Å². The number of rotatable bonds is 4. The molecule has 0 spiro atoms. The van der Waals surface area contributed by atoms with Crippen LogP contribution in [-0.2, 0) is 11.3 Å². The number of ether oxygens (including phenoxy) is 2. The molecule has 142 valence electrons. The van der Waals surface area contributed by atoms with Gasteiger partial charge < -0.3 is 14.8 Å². The zero-order valence-corrected chi connectivity index (χ0v) is 15.8. The van der Waals surface area contributed by atoms with Gasteiger partial charge in [0.2, 0.25) is 12.7 Å². The number of hydrazone groups is 1. The summed E-state index contributed by atoms with van der Waals surface area (Å²) in [6, 6.07) is 13.9. The summed E-state index contributed by atoms with van der Waals surface area (Å²) in [6.07, 6.45) is 2.76. The Morgan fingerprint density at radius 1 is 1.21 bits per heavy atom. The Hall–Kier alpha value is -3.00. The van der Waals surface area contributed by atoms with Gasteiger partial charge in [-0.25, -0.2) is 10.0 Å². The number of hydrogen-bond donors (Lipinski definition) is 1. The molecule has 28 heavy (non-hydrogen) atoms. The molecule has 1 atom stereocenters. The van der Waals surface area contributed by atoms with Gasteiger partial charge in [-0.3, -0.25) is 4.79 Å². The molecule has 2 aromatic carbocycles. The number of thioether (sulfide) groups is 1. The Labute approximate surface area is 166 Å². The molecule has 5 rings (SSSR count). The van der Waals surface area contributed by atoms with Crippen molar-refractivity contribution in [1.82, 2.24) is 10.3 Å². The van der Waals surface area contributed by atoms with Crippen molar-refractivity contribution in [3.05, 3.63) is 53.6 Å². The van der Waals surface area contributed by atoms with Crippen LogP contribution in [0, 0.1) is 0 Å². The minimum absolute atomic E-state index is 0.0519. The van der Waals surface area contributed by atoms with Crippen molar-refractivity contribution in [3.63, 3.8) is 0 Å². The lowest BCUT2D eigenvalue weighted by Crippen LogP contribution is -2.30. The number of nitrogens with zero attached hydrogens (tertiary/aromatic N) is 3. The van der Waals surface area contributed by atoms with Gasteiger partial charge in [0, 0.05) is 24.7 Å². The summed E-state index contributed by atoms with van der Waals surface area (Å²) in [5, 5.41) is 10.1. The zero-order valence-electron chi connectivity index (χ0n) is 15.0. The SMILES string of the molecule is O=C(CSC1=Nc2ccccc2[C@@H]2CC=NN12)NCc1ccc2c(c1)OCO2. The van der Waals surface area contributed by atoms with Gasteiger partial charge in [0.15, 0.2) is 16.7 Å². The molecule has 0 radical (unpaired) electrons. The quantitative estimate of drug-likeness (QED) is 0.862. The van der Waals surface area contributed by atoms with Crippen LogP contribution < -0.4 is 14.8 Å². The van der Waals surface area contributed by atoms with E-state index in [2.05, 4.69) is 16.5 Å². The number of amidine groups is 1. The van der Waals surface area contributed by atoms with E-state index >= 15 is 0 Å². The second-order valence-electron chi connectivity index (χ2n) is 6.60. The van der Waals surface area contributed by atoms with Crippen molar-refractivity contribution >= 4 is 34.7 Å². The molecule has 0 fully saturated rings. The van der Waals surface area contributed by atoms with Gasteiger partial charge in [0.25, 0.3) is 0 Å². The lowest BCUT2D eigenvalue weighted by Gasteiger charge is -2.29. The number of para-hydroxylation sites is 1. The molecule has 1 N–H and O–H groups in total. The molecule has 3 aliphatic heterocycles. The number of nitrogens with one attached hydrogen (secondary N) is 1. The number of fused-ring (bicyclic) bond motifs is 4. The van der Waals surface area contributed by atoms with Gasteiger partial charge in [0.1, 0.15) is 0 Å². The first kappa shape index (κ1) is 17.1. The third-order valence-corrected chi connectivity index (χ3v) is 5.74. The van der Waals surface area contributed by atoms with E-state index in [1.54, 1.807) is 0 Å². The minimum Gasteiger partial charge on any atom is -0.454 e. The van der Waals surface area contributed by atoms with Crippen molar-refractivity contribution < 1.29 is 14.3 Å². The minimum atomic E-state index is -0.0519. The predicted octanol–water partition coefficient (Wildman–Crippen LogP) is 3.20. The topological polar surface area (TPSA) is 75.5 Å².